The maximum Gasteiger partial charge on any atom is 0.270 e. The molecule has 0 unspecified atom stereocenters. The van der Waals surface area contributed by atoms with Crippen LogP contribution in [0.15, 0.2) is 72.9 Å². The number of rotatable bonds is 6. The van der Waals surface area contributed by atoms with E-state index in [0.717, 1.165) is 37.4 Å². The summed E-state index contributed by atoms with van der Waals surface area (Å²) in [6, 6.07) is 22.6. The van der Waals surface area contributed by atoms with Gasteiger partial charge >= 0.3 is 0 Å². The van der Waals surface area contributed by atoms with Gasteiger partial charge in [0.1, 0.15) is 11.3 Å². The van der Waals surface area contributed by atoms with Crippen LogP contribution in [0.2, 0.25) is 5.02 Å². The molecule has 1 saturated heterocycles. The highest BCUT2D eigenvalue weighted by Crippen LogP contribution is 2.21. The number of anilines is 2. The molecule has 6 nitrogen and oxygen atoms in total. The van der Waals surface area contributed by atoms with Crippen LogP contribution in [0.25, 0.3) is 5.65 Å². The Morgan fingerprint density at radius 3 is 2.24 bits per heavy atom. The fourth-order valence-corrected chi connectivity index (χ4v) is 4.66. The van der Waals surface area contributed by atoms with Gasteiger partial charge in [0.25, 0.3) is 5.91 Å². The number of aromatic nitrogens is 2. The maximum atomic E-state index is 13.0. The number of benzene rings is 2. The molecule has 0 radical (unpaired) electrons. The molecule has 4 aromatic rings. The molecule has 2 aromatic heterocycles. The number of para-hydroxylation sites is 1. The van der Waals surface area contributed by atoms with E-state index in [9.17, 15) is 4.79 Å². The Morgan fingerprint density at radius 2 is 1.59 bits per heavy atom. The van der Waals surface area contributed by atoms with Crippen LogP contribution in [0.3, 0.4) is 0 Å². The molecule has 34 heavy (non-hydrogen) atoms. The van der Waals surface area contributed by atoms with Crippen molar-refractivity contribution >= 4 is 34.5 Å². The number of pyridine rings is 1. The van der Waals surface area contributed by atoms with Gasteiger partial charge in [0.2, 0.25) is 0 Å². The molecule has 5 rings (SSSR count). The van der Waals surface area contributed by atoms with Crippen molar-refractivity contribution in [1.82, 2.24) is 14.7 Å². The summed E-state index contributed by atoms with van der Waals surface area (Å²) in [4.78, 5) is 22.4. The molecule has 1 amide bonds. The number of nitrogens with zero attached hydrogens (tertiary/aromatic N) is 4. The minimum atomic E-state index is -0.132. The number of nitrogens with one attached hydrogen (secondary N) is 1. The summed E-state index contributed by atoms with van der Waals surface area (Å²) in [5.74, 6) is -0.132. The number of halogens is 1. The molecule has 0 spiro atoms. The lowest BCUT2D eigenvalue weighted by atomic mass is 10.1. The monoisotopic (exact) mass is 473 g/mol. The second kappa shape index (κ2) is 9.77. The van der Waals surface area contributed by atoms with Crippen molar-refractivity contribution in [3.8, 4) is 0 Å². The van der Waals surface area contributed by atoms with Crippen LogP contribution in [0.4, 0.5) is 11.4 Å². The second-order valence-corrected chi connectivity index (χ2v) is 8.93. The molecule has 0 bridgehead atoms. The normalized spacial score (nSPS) is 13.9. The van der Waals surface area contributed by atoms with Crippen molar-refractivity contribution in [2.45, 2.75) is 19.9 Å². The van der Waals surface area contributed by atoms with E-state index < -0.39 is 0 Å². The van der Waals surface area contributed by atoms with Crippen LogP contribution in [0, 0.1) is 0 Å². The number of carbonyl (C=O) groups is 1. The third kappa shape index (κ3) is 4.59. The smallest absolute Gasteiger partial charge is 0.270 e. The predicted octanol–water partition coefficient (Wildman–Crippen LogP) is 4.81. The van der Waals surface area contributed by atoms with Gasteiger partial charge in [0.15, 0.2) is 0 Å². The van der Waals surface area contributed by atoms with E-state index in [0.29, 0.717) is 29.3 Å². The van der Waals surface area contributed by atoms with Crippen LogP contribution in [-0.4, -0.2) is 41.5 Å². The zero-order valence-electron chi connectivity index (χ0n) is 19.2. The highest BCUT2D eigenvalue weighted by atomic mass is 35.5. The number of hydrogen-bond acceptors (Lipinski definition) is 4. The lowest BCUT2D eigenvalue weighted by Gasteiger charge is -2.37. The van der Waals surface area contributed by atoms with Crippen molar-refractivity contribution in [1.29, 1.82) is 0 Å². The van der Waals surface area contributed by atoms with Gasteiger partial charge in [-0.25, -0.2) is 4.98 Å². The molecule has 0 saturated carbocycles. The molecule has 1 aliphatic rings. The summed E-state index contributed by atoms with van der Waals surface area (Å²) in [5.41, 5.74) is 5.59. The molecule has 174 valence electrons. The van der Waals surface area contributed by atoms with E-state index in [1.165, 1.54) is 11.4 Å². The molecule has 3 heterocycles. The minimum Gasteiger partial charge on any atom is -0.368 e. The number of aryl methyl sites for hydroxylation is 1. The van der Waals surface area contributed by atoms with E-state index >= 15 is 0 Å². The maximum absolute atomic E-state index is 13.0. The predicted molar refractivity (Wildman–Crippen MR) is 138 cm³/mol. The first-order chi connectivity index (χ1) is 16.6. The zero-order valence-corrected chi connectivity index (χ0v) is 20.0. The molecule has 1 fully saturated rings. The van der Waals surface area contributed by atoms with Gasteiger partial charge in [-0.2, -0.15) is 0 Å². The average molecular weight is 474 g/mol. The molecule has 0 atom stereocenters. The van der Waals surface area contributed by atoms with Crippen LogP contribution in [0.1, 0.15) is 28.7 Å². The number of hydrogen-bond donors (Lipinski definition) is 1. The van der Waals surface area contributed by atoms with E-state index in [-0.39, 0.29) is 5.91 Å². The molecular formula is C27H28ClN5O. The SMILES string of the molecule is CCc1nc2cc(Cl)ccn2c1C(=O)NCc1ccc(N2CCN(c3ccccc3)CC2)cc1. The summed E-state index contributed by atoms with van der Waals surface area (Å²) in [6.07, 6.45) is 2.47. The van der Waals surface area contributed by atoms with Gasteiger partial charge in [-0.1, -0.05) is 48.9 Å². The van der Waals surface area contributed by atoms with Crippen molar-refractivity contribution in [3.05, 3.63) is 94.9 Å². The first-order valence-electron chi connectivity index (χ1n) is 11.7. The average Bonchev–Trinajstić information content (AvgIpc) is 3.26. The highest BCUT2D eigenvalue weighted by molar-refractivity contribution is 6.30. The Hall–Kier alpha value is -3.51. The summed E-state index contributed by atoms with van der Waals surface area (Å²) in [5, 5.41) is 3.66. The summed E-state index contributed by atoms with van der Waals surface area (Å²) in [6.45, 7) is 6.45. The third-order valence-electron chi connectivity index (χ3n) is 6.37. The van der Waals surface area contributed by atoms with E-state index in [1.807, 2.05) is 6.92 Å². The number of imidazole rings is 1. The Labute approximate surface area is 204 Å². The second-order valence-electron chi connectivity index (χ2n) is 8.49. The van der Waals surface area contributed by atoms with Crippen LogP contribution in [0.5, 0.6) is 0 Å². The number of amides is 1. The Balaban J connectivity index is 1.20. The summed E-state index contributed by atoms with van der Waals surface area (Å²) in [7, 11) is 0. The topological polar surface area (TPSA) is 52.9 Å². The number of piperazine rings is 1. The third-order valence-corrected chi connectivity index (χ3v) is 6.60. The molecule has 0 aliphatic carbocycles. The van der Waals surface area contributed by atoms with Crippen molar-refractivity contribution < 1.29 is 4.79 Å². The van der Waals surface area contributed by atoms with Gasteiger partial charge < -0.3 is 15.1 Å². The molecular weight excluding hydrogens is 446 g/mol. The lowest BCUT2D eigenvalue weighted by molar-refractivity contribution is 0.0944. The van der Waals surface area contributed by atoms with Crippen molar-refractivity contribution in [3.63, 3.8) is 0 Å². The number of carbonyl (C=O) groups excluding carboxylic acids is 1. The fourth-order valence-electron chi connectivity index (χ4n) is 4.51. The highest BCUT2D eigenvalue weighted by Gasteiger charge is 2.19. The van der Waals surface area contributed by atoms with Gasteiger partial charge in [-0.3, -0.25) is 9.20 Å². The Bertz CT molecular complexity index is 1280. The van der Waals surface area contributed by atoms with Crippen LogP contribution < -0.4 is 15.1 Å². The summed E-state index contributed by atoms with van der Waals surface area (Å²) >= 11 is 6.09. The lowest BCUT2D eigenvalue weighted by Crippen LogP contribution is -2.46. The quantitative estimate of drug-likeness (QED) is 0.436. The Kier molecular flexibility index (Phi) is 6.41. The molecule has 7 heteroatoms. The first-order valence-corrected chi connectivity index (χ1v) is 12.1. The van der Waals surface area contributed by atoms with E-state index in [4.69, 9.17) is 11.6 Å². The largest absolute Gasteiger partial charge is 0.368 e. The van der Waals surface area contributed by atoms with Crippen LogP contribution in [-0.2, 0) is 13.0 Å². The van der Waals surface area contributed by atoms with Gasteiger partial charge in [-0.05, 0) is 42.3 Å². The first kappa shape index (κ1) is 22.3. The van der Waals surface area contributed by atoms with Crippen LogP contribution >= 0.6 is 11.6 Å². The molecule has 1 N–H and O–H groups in total. The number of fused-ring (bicyclic) bond motifs is 1. The standard InChI is InChI=1S/C27H28ClN5O/c1-2-24-26(33-13-12-21(28)18-25(33)30-24)27(34)29-19-20-8-10-23(11-9-20)32-16-14-31(15-17-32)22-6-4-3-5-7-22/h3-13,18H,2,14-17,19H2,1H3,(H,29,34). The zero-order chi connectivity index (χ0) is 23.5. The van der Waals surface area contributed by atoms with E-state index in [1.54, 1.807) is 22.7 Å². The van der Waals surface area contributed by atoms with E-state index in [2.05, 4.69) is 74.7 Å². The summed E-state index contributed by atoms with van der Waals surface area (Å²) < 4.78 is 1.80. The van der Waals surface area contributed by atoms with Gasteiger partial charge in [-0.15, -0.1) is 0 Å². The van der Waals surface area contributed by atoms with Crippen molar-refractivity contribution in [2.24, 2.45) is 0 Å². The van der Waals surface area contributed by atoms with Gasteiger partial charge in [0, 0.05) is 61.4 Å². The van der Waals surface area contributed by atoms with Gasteiger partial charge in [0.05, 0.1) is 5.69 Å². The fraction of sp³-hybridized carbons (Fsp3) is 0.259. The molecule has 1 aliphatic heterocycles. The molecule has 2 aromatic carbocycles. The Morgan fingerprint density at radius 1 is 0.941 bits per heavy atom. The minimum absolute atomic E-state index is 0.132. The van der Waals surface area contributed by atoms with Crippen molar-refractivity contribution in [2.75, 3.05) is 36.0 Å².